The van der Waals surface area contributed by atoms with Crippen molar-refractivity contribution in [3.8, 4) is 0 Å². The van der Waals surface area contributed by atoms with Crippen LogP contribution in [0.5, 0.6) is 0 Å². The number of hydrogen-bond acceptors (Lipinski definition) is 2. The molecule has 4 aliphatic carbocycles. The van der Waals surface area contributed by atoms with Crippen molar-refractivity contribution in [3.05, 3.63) is 35.4 Å². The fraction of sp³-hybridized carbons (Fsp3) is 0.794. The zero-order chi connectivity index (χ0) is 26.5. The molecule has 0 saturated heterocycles. The molecule has 1 aromatic rings. The Hall–Kier alpha value is -1.35. The summed E-state index contributed by atoms with van der Waals surface area (Å²) in [6, 6.07) is 7.67. The van der Waals surface area contributed by atoms with Crippen molar-refractivity contribution in [1.82, 2.24) is 0 Å². The van der Waals surface area contributed by atoms with Gasteiger partial charge < -0.3 is 10.2 Å². The van der Waals surface area contributed by atoms with Crippen molar-refractivity contribution < 1.29 is 15.0 Å². The molecular weight excluding hydrogens is 456 g/mol. The number of carboxylic acids is 1. The van der Waals surface area contributed by atoms with Gasteiger partial charge in [-0.1, -0.05) is 66.0 Å². The van der Waals surface area contributed by atoms with Crippen LogP contribution < -0.4 is 0 Å². The highest BCUT2D eigenvalue weighted by Gasteiger charge is 2.62. The van der Waals surface area contributed by atoms with Gasteiger partial charge in [-0.25, -0.2) is 4.79 Å². The monoisotopic (exact) mass is 508 g/mol. The Balaban J connectivity index is 1.41. The summed E-state index contributed by atoms with van der Waals surface area (Å²) >= 11 is 0. The smallest absolute Gasteiger partial charge is 0.335 e. The van der Waals surface area contributed by atoms with Gasteiger partial charge in [-0.05, 0) is 127 Å². The van der Waals surface area contributed by atoms with Crippen LogP contribution in [-0.2, 0) is 0 Å². The number of aliphatic hydroxyl groups is 1. The normalized spacial score (nSPS) is 42.1. The van der Waals surface area contributed by atoms with Crippen molar-refractivity contribution >= 4 is 5.97 Å². The lowest BCUT2D eigenvalue weighted by Crippen LogP contribution is -2.56. The third kappa shape index (κ3) is 4.70. The van der Waals surface area contributed by atoms with Crippen LogP contribution in [0.3, 0.4) is 0 Å². The second kappa shape index (κ2) is 10.3. The summed E-state index contributed by atoms with van der Waals surface area (Å²) < 4.78 is 0. The Bertz CT molecular complexity index is 970. The molecule has 3 heteroatoms. The zero-order valence-corrected chi connectivity index (χ0v) is 24.1. The first-order chi connectivity index (χ1) is 17.6. The molecule has 4 saturated carbocycles. The third-order valence-electron chi connectivity index (χ3n) is 12.5. The first kappa shape index (κ1) is 27.2. The van der Waals surface area contributed by atoms with Crippen LogP contribution in [0.15, 0.2) is 24.3 Å². The summed E-state index contributed by atoms with van der Waals surface area (Å²) in [4.78, 5) is 11.8. The van der Waals surface area contributed by atoms with Crippen molar-refractivity contribution in [3.63, 3.8) is 0 Å². The lowest BCUT2D eigenvalue weighted by atomic mass is 9.41. The summed E-state index contributed by atoms with van der Waals surface area (Å²) in [7, 11) is 0. The highest BCUT2D eigenvalue weighted by Crippen LogP contribution is 2.70. The molecule has 10 atom stereocenters. The number of aromatic carboxylic acids is 1. The van der Waals surface area contributed by atoms with Gasteiger partial charge in [-0.2, -0.15) is 0 Å². The molecule has 0 aliphatic heterocycles. The Morgan fingerprint density at radius 1 is 1.00 bits per heavy atom. The van der Waals surface area contributed by atoms with Gasteiger partial charge in [0.1, 0.15) is 0 Å². The van der Waals surface area contributed by atoms with E-state index in [1.54, 1.807) is 6.07 Å². The standard InChI is InChI=1S/C34H52O3/c1-21(2)8-6-9-22(3)28-14-15-29-27-13-12-25-19-26(35)20-31(23-10-7-11-24(18-23)32(36)37)34(25,5)30(27)16-17-33(28,29)4/h7,10-11,18,21-22,25-31,35H,6,8-9,12-17,19-20H2,1-5H3,(H,36,37)/t22-,25?,26?,27+,28-,29+,30+,31?,33-,34+/m1/s1. The van der Waals surface area contributed by atoms with Crippen molar-refractivity contribution in [2.45, 2.75) is 117 Å². The van der Waals surface area contributed by atoms with Crippen LogP contribution in [0, 0.1) is 52.3 Å². The average molecular weight is 509 g/mol. The topological polar surface area (TPSA) is 57.5 Å². The van der Waals surface area contributed by atoms with E-state index in [2.05, 4.69) is 40.7 Å². The predicted molar refractivity (Wildman–Crippen MR) is 151 cm³/mol. The van der Waals surface area contributed by atoms with Gasteiger partial charge in [0, 0.05) is 0 Å². The molecule has 37 heavy (non-hydrogen) atoms. The fourth-order valence-electron chi connectivity index (χ4n) is 10.7. The van der Waals surface area contributed by atoms with E-state index in [1.807, 2.05) is 12.1 Å². The molecule has 0 heterocycles. The quantitative estimate of drug-likeness (QED) is 0.388. The van der Waals surface area contributed by atoms with Crippen LogP contribution in [0.4, 0.5) is 0 Å². The molecule has 5 rings (SSSR count). The zero-order valence-electron chi connectivity index (χ0n) is 24.1. The largest absolute Gasteiger partial charge is 0.478 e. The maximum Gasteiger partial charge on any atom is 0.335 e. The number of hydrogen-bond donors (Lipinski definition) is 2. The van der Waals surface area contributed by atoms with E-state index in [0.717, 1.165) is 48.0 Å². The van der Waals surface area contributed by atoms with E-state index >= 15 is 0 Å². The lowest BCUT2D eigenvalue weighted by Gasteiger charge is -2.63. The second-order valence-electron chi connectivity index (χ2n) is 14.7. The highest BCUT2D eigenvalue weighted by molar-refractivity contribution is 5.87. The maximum absolute atomic E-state index is 11.8. The molecule has 0 aromatic heterocycles. The number of carboxylic acid groups (broad SMARTS) is 1. The van der Waals surface area contributed by atoms with Gasteiger partial charge in [0.2, 0.25) is 0 Å². The summed E-state index contributed by atoms with van der Waals surface area (Å²) in [5.74, 6) is 4.73. The molecule has 206 valence electrons. The fourth-order valence-corrected chi connectivity index (χ4v) is 10.7. The number of rotatable bonds is 7. The lowest BCUT2D eigenvalue weighted by molar-refractivity contribution is -0.140. The van der Waals surface area contributed by atoms with Crippen LogP contribution in [0.25, 0.3) is 0 Å². The van der Waals surface area contributed by atoms with Crippen molar-refractivity contribution in [2.75, 3.05) is 0 Å². The first-order valence-electron chi connectivity index (χ1n) is 15.6. The van der Waals surface area contributed by atoms with E-state index in [0.29, 0.717) is 22.8 Å². The molecule has 0 amide bonds. The van der Waals surface area contributed by atoms with Gasteiger partial charge in [-0.15, -0.1) is 0 Å². The molecule has 0 spiro atoms. The van der Waals surface area contributed by atoms with E-state index in [-0.39, 0.29) is 17.4 Å². The van der Waals surface area contributed by atoms with Crippen LogP contribution in [0.1, 0.15) is 127 Å². The molecule has 2 N–H and O–H groups in total. The van der Waals surface area contributed by atoms with Gasteiger partial charge >= 0.3 is 5.97 Å². The summed E-state index contributed by atoms with van der Waals surface area (Å²) in [5, 5.41) is 20.6. The first-order valence-corrected chi connectivity index (χ1v) is 15.6. The minimum absolute atomic E-state index is 0.140. The van der Waals surface area contributed by atoms with Gasteiger partial charge in [-0.3, -0.25) is 0 Å². The molecule has 0 bridgehead atoms. The van der Waals surface area contributed by atoms with Gasteiger partial charge in [0.05, 0.1) is 11.7 Å². The Morgan fingerprint density at radius 3 is 2.51 bits per heavy atom. The minimum atomic E-state index is -0.852. The number of carbonyl (C=O) groups is 1. The number of benzene rings is 1. The molecule has 3 nitrogen and oxygen atoms in total. The van der Waals surface area contributed by atoms with Crippen molar-refractivity contribution in [1.29, 1.82) is 0 Å². The molecule has 0 radical (unpaired) electrons. The highest BCUT2D eigenvalue weighted by atomic mass is 16.4. The number of fused-ring (bicyclic) bond motifs is 5. The van der Waals surface area contributed by atoms with E-state index in [4.69, 9.17) is 0 Å². The molecule has 4 fully saturated rings. The van der Waals surface area contributed by atoms with E-state index in [1.165, 1.54) is 57.8 Å². The molecule has 1 aromatic carbocycles. The Labute approximate surface area is 225 Å². The summed E-state index contributed by atoms with van der Waals surface area (Å²) in [6.07, 6.45) is 13.6. The van der Waals surface area contributed by atoms with E-state index < -0.39 is 5.97 Å². The Kier molecular flexibility index (Phi) is 7.60. The molecular formula is C34H52O3. The summed E-state index contributed by atoms with van der Waals surface area (Å²) in [6.45, 7) is 12.5. The molecule has 4 aliphatic rings. The maximum atomic E-state index is 11.8. The van der Waals surface area contributed by atoms with Crippen LogP contribution >= 0.6 is 0 Å². The molecule has 3 unspecified atom stereocenters. The van der Waals surface area contributed by atoms with Crippen LogP contribution in [0.2, 0.25) is 0 Å². The average Bonchev–Trinajstić information content (AvgIpc) is 3.21. The second-order valence-corrected chi connectivity index (χ2v) is 14.7. The van der Waals surface area contributed by atoms with Crippen LogP contribution in [-0.4, -0.2) is 22.3 Å². The summed E-state index contributed by atoms with van der Waals surface area (Å²) in [5.41, 5.74) is 2.14. The minimum Gasteiger partial charge on any atom is -0.478 e. The van der Waals surface area contributed by atoms with Crippen molar-refractivity contribution in [2.24, 2.45) is 52.3 Å². The Morgan fingerprint density at radius 2 is 1.78 bits per heavy atom. The third-order valence-corrected chi connectivity index (χ3v) is 12.5. The predicted octanol–water partition coefficient (Wildman–Crippen LogP) is 8.56. The SMILES string of the molecule is CC(C)CCC[C@@H](C)[C@H]1CC[C@H]2[C@@H]3CCC4CC(O)CC(c5cccc(C(=O)O)c5)[C@]4(C)[C@H]3CC[C@]12C. The number of aliphatic hydroxyl groups excluding tert-OH is 1. The van der Waals surface area contributed by atoms with E-state index in [9.17, 15) is 15.0 Å². The van der Waals surface area contributed by atoms with Gasteiger partial charge in [0.25, 0.3) is 0 Å². The van der Waals surface area contributed by atoms with Gasteiger partial charge in [0.15, 0.2) is 0 Å².